The zero-order valence-corrected chi connectivity index (χ0v) is 10.2. The van der Waals surface area contributed by atoms with Gasteiger partial charge in [0.1, 0.15) is 12.2 Å². The molecular weight excluding hydrogens is 301 g/mol. The molecule has 0 spiro atoms. The molecule has 0 bridgehead atoms. The Labute approximate surface area is 114 Å². The summed E-state index contributed by atoms with van der Waals surface area (Å²) in [7, 11) is 0. The minimum absolute atomic E-state index is 0.0978. The Balaban J connectivity index is 2.58. The van der Waals surface area contributed by atoms with Crippen LogP contribution in [0.25, 0.3) is 0 Å². The Hall–Kier alpha value is -1.69. The van der Waals surface area contributed by atoms with Crippen LogP contribution in [0.3, 0.4) is 0 Å². The standard InChI is InChI=1S/C10H11F3N2O6/c11-7(12)3-1-15(9(20)14-8(3)19)10(13)6(18)5(17)4(2-16)21-10/h1,4-7,16-18H,2H2,(H,14,19,20)/t4-,5-,6-,10+/m1/s1. The number of aliphatic hydroxyl groups is 3. The minimum atomic E-state index is -3.41. The second-order valence-electron chi connectivity index (χ2n) is 4.40. The molecule has 21 heavy (non-hydrogen) atoms. The average molecular weight is 312 g/mol. The van der Waals surface area contributed by atoms with Gasteiger partial charge in [0, 0.05) is 6.20 Å². The third-order valence-corrected chi connectivity index (χ3v) is 3.10. The predicted octanol–water partition coefficient (Wildman–Crippen LogP) is -1.83. The van der Waals surface area contributed by atoms with Gasteiger partial charge in [-0.25, -0.2) is 18.1 Å². The van der Waals surface area contributed by atoms with Crippen LogP contribution in [0.4, 0.5) is 13.2 Å². The van der Waals surface area contributed by atoms with E-state index in [9.17, 15) is 33.0 Å². The molecule has 8 nitrogen and oxygen atoms in total. The maximum absolute atomic E-state index is 14.6. The molecule has 4 atom stereocenters. The SMILES string of the molecule is O=c1[nH]c(=O)n([C@]2(F)O[C@H](CO)[C@@H](O)[C@H]2O)cc1C(F)F. The first-order valence-corrected chi connectivity index (χ1v) is 5.70. The van der Waals surface area contributed by atoms with E-state index in [-0.39, 0.29) is 10.8 Å². The van der Waals surface area contributed by atoms with Crippen molar-refractivity contribution < 1.29 is 33.2 Å². The first kappa shape index (κ1) is 15.7. The Kier molecular flexibility index (Phi) is 3.93. The van der Waals surface area contributed by atoms with Crippen molar-refractivity contribution in [1.82, 2.24) is 9.55 Å². The fourth-order valence-electron chi connectivity index (χ4n) is 1.98. The number of aliphatic hydroxyl groups excluding tert-OH is 3. The summed E-state index contributed by atoms with van der Waals surface area (Å²) in [5.41, 5.74) is -4.09. The normalized spacial score (nSPS) is 32.8. The molecule has 0 aliphatic carbocycles. The lowest BCUT2D eigenvalue weighted by molar-refractivity contribution is -0.239. The molecule has 2 rings (SSSR count). The second-order valence-corrected chi connectivity index (χ2v) is 4.40. The number of rotatable bonds is 3. The number of nitrogens with one attached hydrogen (secondary N) is 1. The lowest BCUT2D eigenvalue weighted by atomic mass is 10.1. The van der Waals surface area contributed by atoms with Gasteiger partial charge in [0.05, 0.1) is 12.2 Å². The molecule has 1 aliphatic rings. The molecular formula is C10H11F3N2O6. The summed E-state index contributed by atoms with van der Waals surface area (Å²) < 4.78 is 44.3. The number of hydrogen-bond donors (Lipinski definition) is 4. The molecule has 0 saturated carbocycles. The molecule has 1 saturated heterocycles. The van der Waals surface area contributed by atoms with E-state index in [0.29, 0.717) is 0 Å². The van der Waals surface area contributed by atoms with Crippen molar-refractivity contribution in [2.75, 3.05) is 6.61 Å². The van der Waals surface area contributed by atoms with Crippen LogP contribution in [-0.4, -0.2) is 49.8 Å². The zero-order chi connectivity index (χ0) is 15.9. The van der Waals surface area contributed by atoms with Crippen molar-refractivity contribution in [3.8, 4) is 0 Å². The monoisotopic (exact) mass is 312 g/mol. The highest BCUT2D eigenvalue weighted by atomic mass is 19.3. The third-order valence-electron chi connectivity index (χ3n) is 3.10. The average Bonchev–Trinajstić information content (AvgIpc) is 2.63. The van der Waals surface area contributed by atoms with Crippen molar-refractivity contribution in [3.05, 3.63) is 32.6 Å². The lowest BCUT2D eigenvalue weighted by Gasteiger charge is -2.25. The fraction of sp³-hybridized carbons (Fsp3) is 0.600. The summed E-state index contributed by atoms with van der Waals surface area (Å²) in [6.07, 6.45) is -8.90. The molecule has 4 N–H and O–H groups in total. The van der Waals surface area contributed by atoms with Gasteiger partial charge in [-0.15, -0.1) is 0 Å². The van der Waals surface area contributed by atoms with Gasteiger partial charge in [-0.1, -0.05) is 0 Å². The van der Waals surface area contributed by atoms with Crippen LogP contribution in [0.2, 0.25) is 0 Å². The molecule has 1 aromatic rings. The van der Waals surface area contributed by atoms with E-state index in [1.807, 2.05) is 0 Å². The van der Waals surface area contributed by atoms with Crippen LogP contribution in [-0.2, 0) is 10.7 Å². The van der Waals surface area contributed by atoms with Gasteiger partial charge in [-0.3, -0.25) is 9.78 Å². The number of hydrogen-bond acceptors (Lipinski definition) is 6. The lowest BCUT2D eigenvalue weighted by Crippen LogP contribution is -2.49. The van der Waals surface area contributed by atoms with Gasteiger partial charge in [-0.05, 0) is 0 Å². The first-order chi connectivity index (χ1) is 9.72. The van der Waals surface area contributed by atoms with Crippen LogP contribution < -0.4 is 11.2 Å². The van der Waals surface area contributed by atoms with Crippen molar-refractivity contribution in [2.45, 2.75) is 30.7 Å². The summed E-state index contributed by atoms with van der Waals surface area (Å²) in [5, 5.41) is 27.9. The van der Waals surface area contributed by atoms with Crippen LogP contribution in [0, 0.1) is 0 Å². The maximum Gasteiger partial charge on any atom is 0.332 e. The molecule has 1 aliphatic heterocycles. The highest BCUT2D eigenvalue weighted by Crippen LogP contribution is 2.36. The molecule has 0 amide bonds. The Bertz CT molecular complexity index is 646. The number of nitrogens with zero attached hydrogens (tertiary/aromatic N) is 1. The molecule has 0 aromatic carbocycles. The molecule has 118 valence electrons. The van der Waals surface area contributed by atoms with E-state index < -0.39 is 54.1 Å². The topological polar surface area (TPSA) is 125 Å². The van der Waals surface area contributed by atoms with Gasteiger partial charge in [0.15, 0.2) is 6.10 Å². The Morgan fingerprint density at radius 2 is 2.05 bits per heavy atom. The number of halogens is 3. The summed E-state index contributed by atoms with van der Waals surface area (Å²) >= 11 is 0. The molecule has 0 unspecified atom stereocenters. The van der Waals surface area contributed by atoms with E-state index in [0.717, 1.165) is 0 Å². The predicted molar refractivity (Wildman–Crippen MR) is 59.3 cm³/mol. The molecule has 2 heterocycles. The summed E-state index contributed by atoms with van der Waals surface area (Å²) in [4.78, 5) is 24.2. The highest BCUT2D eigenvalue weighted by Gasteiger charge is 2.57. The molecule has 1 fully saturated rings. The van der Waals surface area contributed by atoms with Crippen LogP contribution in [0.15, 0.2) is 15.8 Å². The highest BCUT2D eigenvalue weighted by molar-refractivity contribution is 5.08. The molecule has 0 radical (unpaired) electrons. The minimum Gasteiger partial charge on any atom is -0.394 e. The van der Waals surface area contributed by atoms with E-state index in [2.05, 4.69) is 4.74 Å². The number of aromatic amines is 1. The van der Waals surface area contributed by atoms with Crippen LogP contribution in [0.1, 0.15) is 12.0 Å². The fourth-order valence-corrected chi connectivity index (χ4v) is 1.98. The number of alkyl halides is 3. The van der Waals surface area contributed by atoms with Crippen molar-refractivity contribution in [3.63, 3.8) is 0 Å². The molecule has 11 heteroatoms. The van der Waals surface area contributed by atoms with Gasteiger partial charge in [-0.2, -0.15) is 4.39 Å². The second kappa shape index (κ2) is 5.26. The van der Waals surface area contributed by atoms with Crippen LogP contribution in [0.5, 0.6) is 0 Å². The number of aromatic nitrogens is 2. The van der Waals surface area contributed by atoms with Gasteiger partial charge < -0.3 is 20.1 Å². The zero-order valence-electron chi connectivity index (χ0n) is 10.2. The van der Waals surface area contributed by atoms with Crippen molar-refractivity contribution in [1.29, 1.82) is 0 Å². The third kappa shape index (κ3) is 2.37. The molecule has 1 aromatic heterocycles. The van der Waals surface area contributed by atoms with E-state index in [4.69, 9.17) is 5.11 Å². The van der Waals surface area contributed by atoms with Crippen molar-refractivity contribution in [2.24, 2.45) is 0 Å². The quantitative estimate of drug-likeness (QED) is 0.520. The summed E-state index contributed by atoms with van der Waals surface area (Å²) in [5.74, 6) is -3.41. The van der Waals surface area contributed by atoms with E-state index in [1.54, 1.807) is 0 Å². The smallest absolute Gasteiger partial charge is 0.332 e. The van der Waals surface area contributed by atoms with E-state index >= 15 is 0 Å². The summed E-state index contributed by atoms with van der Waals surface area (Å²) in [6.45, 7) is -0.885. The largest absolute Gasteiger partial charge is 0.394 e. The number of H-pyrrole nitrogens is 1. The van der Waals surface area contributed by atoms with Gasteiger partial charge >= 0.3 is 11.7 Å². The van der Waals surface area contributed by atoms with Gasteiger partial charge in [0.25, 0.3) is 12.0 Å². The van der Waals surface area contributed by atoms with Crippen LogP contribution >= 0.6 is 0 Å². The summed E-state index contributed by atoms with van der Waals surface area (Å²) in [6, 6.07) is 0. The Morgan fingerprint density at radius 3 is 2.52 bits per heavy atom. The Morgan fingerprint density at radius 1 is 1.43 bits per heavy atom. The van der Waals surface area contributed by atoms with E-state index in [1.165, 1.54) is 4.98 Å². The van der Waals surface area contributed by atoms with Gasteiger partial charge in [0.2, 0.25) is 0 Å². The first-order valence-electron chi connectivity index (χ1n) is 5.70. The van der Waals surface area contributed by atoms with Crippen molar-refractivity contribution >= 4 is 0 Å². The number of ether oxygens (including phenoxy) is 1. The maximum atomic E-state index is 14.6.